The second-order valence-electron chi connectivity index (χ2n) is 5.09. The number of rotatable bonds is 4. The molecular weight excluding hydrogens is 261 g/mol. The number of para-hydroxylation sites is 1. The van der Waals surface area contributed by atoms with Crippen LogP contribution in [0.1, 0.15) is 30.0 Å². The number of fused-ring (bicyclic) bond motifs is 1. The Morgan fingerprint density at radius 2 is 2.15 bits per heavy atom. The van der Waals surface area contributed by atoms with Crippen LogP contribution < -0.4 is 5.32 Å². The van der Waals surface area contributed by atoms with E-state index in [1.54, 1.807) is 26.0 Å². The molecule has 0 bridgehead atoms. The molecule has 0 spiro atoms. The minimum absolute atomic E-state index is 0.0187. The van der Waals surface area contributed by atoms with Crippen molar-refractivity contribution < 1.29 is 18.7 Å². The van der Waals surface area contributed by atoms with Crippen molar-refractivity contribution in [3.63, 3.8) is 0 Å². The van der Waals surface area contributed by atoms with Crippen LogP contribution in [0.5, 0.6) is 0 Å². The zero-order valence-electron chi connectivity index (χ0n) is 11.7. The number of aliphatic hydroxyl groups is 1. The number of amides is 1. The summed E-state index contributed by atoms with van der Waals surface area (Å²) < 4.78 is 19.0. The molecule has 0 saturated heterocycles. The minimum Gasteiger partial charge on any atom is -0.448 e. The number of hydrogen-bond acceptors (Lipinski definition) is 3. The number of furan rings is 1. The smallest absolute Gasteiger partial charge is 0.287 e. The maximum absolute atomic E-state index is 13.6. The summed E-state index contributed by atoms with van der Waals surface area (Å²) in [6, 6.07) is 4.39. The van der Waals surface area contributed by atoms with Crippen LogP contribution in [0.3, 0.4) is 0 Å². The van der Waals surface area contributed by atoms with Crippen LogP contribution in [0.25, 0.3) is 11.0 Å². The van der Waals surface area contributed by atoms with E-state index in [2.05, 4.69) is 5.32 Å². The van der Waals surface area contributed by atoms with Gasteiger partial charge in [-0.15, -0.1) is 0 Å². The van der Waals surface area contributed by atoms with Gasteiger partial charge in [0.05, 0.1) is 0 Å². The standard InChI is InChI=1S/C15H18FNO3/c1-8(7-18)10(3)17-15(19)13-9(2)11-5-4-6-12(16)14(11)20-13/h4-6,8,10,18H,7H2,1-3H3,(H,17,19). The zero-order valence-corrected chi connectivity index (χ0v) is 11.7. The number of benzene rings is 1. The van der Waals surface area contributed by atoms with Crippen LogP contribution in [0.2, 0.25) is 0 Å². The monoisotopic (exact) mass is 279 g/mol. The molecule has 0 radical (unpaired) electrons. The number of aliphatic hydroxyl groups excluding tert-OH is 1. The van der Waals surface area contributed by atoms with Gasteiger partial charge in [0.2, 0.25) is 0 Å². The lowest BCUT2D eigenvalue weighted by Gasteiger charge is -2.18. The van der Waals surface area contributed by atoms with E-state index in [-0.39, 0.29) is 29.9 Å². The molecule has 0 aliphatic rings. The van der Waals surface area contributed by atoms with Crippen molar-refractivity contribution in [2.24, 2.45) is 5.92 Å². The Morgan fingerprint density at radius 1 is 1.45 bits per heavy atom. The Kier molecular flexibility index (Phi) is 4.09. The van der Waals surface area contributed by atoms with E-state index in [0.29, 0.717) is 10.9 Å². The summed E-state index contributed by atoms with van der Waals surface area (Å²) in [4.78, 5) is 12.2. The summed E-state index contributed by atoms with van der Waals surface area (Å²) in [5.74, 6) is -0.838. The molecule has 2 rings (SSSR count). The van der Waals surface area contributed by atoms with E-state index in [1.807, 2.05) is 6.92 Å². The van der Waals surface area contributed by atoms with E-state index in [0.717, 1.165) is 0 Å². The van der Waals surface area contributed by atoms with Gasteiger partial charge in [0, 0.05) is 23.6 Å². The summed E-state index contributed by atoms with van der Waals surface area (Å²) in [5, 5.41) is 12.4. The van der Waals surface area contributed by atoms with Crippen LogP contribution in [0, 0.1) is 18.7 Å². The molecule has 5 heteroatoms. The molecular formula is C15H18FNO3. The quantitative estimate of drug-likeness (QED) is 0.904. The summed E-state index contributed by atoms with van der Waals surface area (Å²) in [6.07, 6.45) is 0. The van der Waals surface area contributed by atoms with Crippen molar-refractivity contribution in [2.45, 2.75) is 26.8 Å². The van der Waals surface area contributed by atoms with Crippen LogP contribution in [0.4, 0.5) is 4.39 Å². The average molecular weight is 279 g/mol. The summed E-state index contributed by atoms with van der Waals surface area (Å²) in [7, 11) is 0. The number of carbonyl (C=O) groups is 1. The lowest BCUT2D eigenvalue weighted by atomic mass is 10.0. The Hall–Kier alpha value is -1.88. The number of halogens is 1. The highest BCUT2D eigenvalue weighted by molar-refractivity contribution is 5.99. The minimum atomic E-state index is -0.485. The molecule has 1 aromatic carbocycles. The van der Waals surface area contributed by atoms with Gasteiger partial charge in [-0.2, -0.15) is 0 Å². The van der Waals surface area contributed by atoms with E-state index >= 15 is 0 Å². The molecule has 4 nitrogen and oxygen atoms in total. The van der Waals surface area contributed by atoms with Crippen molar-refractivity contribution in [1.82, 2.24) is 5.32 Å². The van der Waals surface area contributed by atoms with Gasteiger partial charge < -0.3 is 14.8 Å². The molecule has 1 heterocycles. The lowest BCUT2D eigenvalue weighted by molar-refractivity contribution is 0.0889. The fourth-order valence-corrected chi connectivity index (χ4v) is 2.00. The molecule has 0 aliphatic heterocycles. The molecule has 1 amide bonds. The normalized spacial score (nSPS) is 14.2. The Morgan fingerprint density at radius 3 is 2.75 bits per heavy atom. The third-order valence-corrected chi connectivity index (χ3v) is 3.62. The van der Waals surface area contributed by atoms with Crippen molar-refractivity contribution in [1.29, 1.82) is 0 Å². The fraction of sp³-hybridized carbons (Fsp3) is 0.400. The van der Waals surface area contributed by atoms with Gasteiger partial charge >= 0.3 is 0 Å². The van der Waals surface area contributed by atoms with Gasteiger partial charge in [0.25, 0.3) is 5.91 Å². The van der Waals surface area contributed by atoms with Crippen LogP contribution >= 0.6 is 0 Å². The van der Waals surface area contributed by atoms with Crippen molar-refractivity contribution in [3.8, 4) is 0 Å². The number of nitrogens with one attached hydrogen (secondary N) is 1. The highest BCUT2D eigenvalue weighted by Gasteiger charge is 2.22. The Balaban J connectivity index is 2.31. The molecule has 0 aliphatic carbocycles. The fourth-order valence-electron chi connectivity index (χ4n) is 2.00. The largest absolute Gasteiger partial charge is 0.448 e. The van der Waals surface area contributed by atoms with E-state index in [1.165, 1.54) is 6.07 Å². The third-order valence-electron chi connectivity index (χ3n) is 3.62. The first kappa shape index (κ1) is 14.5. The van der Waals surface area contributed by atoms with E-state index < -0.39 is 11.7 Å². The second-order valence-corrected chi connectivity index (χ2v) is 5.09. The third kappa shape index (κ3) is 2.54. The maximum atomic E-state index is 13.6. The predicted molar refractivity (Wildman–Crippen MR) is 74.1 cm³/mol. The van der Waals surface area contributed by atoms with Gasteiger partial charge in [-0.1, -0.05) is 19.1 Å². The number of hydrogen-bond donors (Lipinski definition) is 2. The summed E-state index contributed by atoms with van der Waals surface area (Å²) >= 11 is 0. The van der Waals surface area contributed by atoms with Crippen molar-refractivity contribution in [2.75, 3.05) is 6.61 Å². The topological polar surface area (TPSA) is 62.5 Å². The van der Waals surface area contributed by atoms with Gasteiger partial charge in [-0.05, 0) is 25.8 Å². The number of aryl methyl sites for hydroxylation is 1. The highest BCUT2D eigenvalue weighted by Crippen LogP contribution is 2.27. The molecule has 2 N–H and O–H groups in total. The van der Waals surface area contributed by atoms with Crippen molar-refractivity contribution >= 4 is 16.9 Å². The maximum Gasteiger partial charge on any atom is 0.287 e. The molecule has 20 heavy (non-hydrogen) atoms. The Bertz CT molecular complexity index is 635. The summed E-state index contributed by atoms with van der Waals surface area (Å²) in [5.41, 5.74) is 0.707. The van der Waals surface area contributed by atoms with Gasteiger partial charge in [-0.25, -0.2) is 4.39 Å². The highest BCUT2D eigenvalue weighted by atomic mass is 19.1. The van der Waals surface area contributed by atoms with Gasteiger partial charge in [-0.3, -0.25) is 4.79 Å². The molecule has 2 aromatic rings. The SMILES string of the molecule is Cc1c(C(=O)NC(C)C(C)CO)oc2c(F)cccc12. The Labute approximate surface area is 116 Å². The van der Waals surface area contributed by atoms with Crippen LogP contribution in [-0.2, 0) is 0 Å². The molecule has 2 unspecified atom stereocenters. The molecule has 2 atom stereocenters. The summed E-state index contributed by atoms with van der Waals surface area (Å²) in [6.45, 7) is 5.34. The lowest BCUT2D eigenvalue weighted by Crippen LogP contribution is -2.38. The van der Waals surface area contributed by atoms with E-state index in [9.17, 15) is 9.18 Å². The molecule has 0 fully saturated rings. The molecule has 108 valence electrons. The first-order valence-electron chi connectivity index (χ1n) is 6.55. The van der Waals surface area contributed by atoms with Gasteiger partial charge in [0.1, 0.15) is 0 Å². The first-order valence-corrected chi connectivity index (χ1v) is 6.55. The first-order chi connectivity index (χ1) is 9.45. The van der Waals surface area contributed by atoms with E-state index in [4.69, 9.17) is 9.52 Å². The van der Waals surface area contributed by atoms with Gasteiger partial charge in [0.15, 0.2) is 17.2 Å². The van der Waals surface area contributed by atoms with Crippen LogP contribution in [0.15, 0.2) is 22.6 Å². The average Bonchev–Trinajstić information content (AvgIpc) is 2.77. The van der Waals surface area contributed by atoms with Crippen LogP contribution in [-0.4, -0.2) is 23.7 Å². The molecule has 0 saturated carbocycles. The second kappa shape index (κ2) is 5.63. The molecule has 1 aromatic heterocycles. The predicted octanol–water partition coefficient (Wildman–Crippen LogP) is 2.63. The zero-order chi connectivity index (χ0) is 14.9. The number of carbonyl (C=O) groups excluding carboxylic acids is 1. The van der Waals surface area contributed by atoms with Crippen molar-refractivity contribution in [3.05, 3.63) is 35.3 Å².